The lowest BCUT2D eigenvalue weighted by Crippen LogP contribution is -2.36. The van der Waals surface area contributed by atoms with Gasteiger partial charge in [-0.2, -0.15) is 0 Å². The number of halogens is 1. The third-order valence-corrected chi connectivity index (χ3v) is 4.02. The molecule has 1 saturated heterocycles. The standard InChI is InChI=1S/C14H18ClN3O/c15-11-3-1-2-10(6-11)13-12(8-17-18-13)14(19)16-7-9-4-5-9/h1-3,6,9,12-13,17-18H,4-5,7-8H2,(H,16,19). The largest absolute Gasteiger partial charge is 0.355 e. The van der Waals surface area contributed by atoms with Crippen molar-refractivity contribution in [2.24, 2.45) is 11.8 Å². The number of hydrogen-bond acceptors (Lipinski definition) is 3. The lowest BCUT2D eigenvalue weighted by Gasteiger charge is -2.18. The molecule has 4 nitrogen and oxygen atoms in total. The number of hydrazine groups is 1. The van der Waals surface area contributed by atoms with Crippen molar-refractivity contribution in [2.75, 3.05) is 13.1 Å². The summed E-state index contributed by atoms with van der Waals surface area (Å²) in [6.45, 7) is 1.46. The van der Waals surface area contributed by atoms with Gasteiger partial charge >= 0.3 is 0 Å². The van der Waals surface area contributed by atoms with E-state index in [1.807, 2.05) is 24.3 Å². The molecule has 1 aliphatic carbocycles. The highest BCUT2D eigenvalue weighted by atomic mass is 35.5. The monoisotopic (exact) mass is 279 g/mol. The van der Waals surface area contributed by atoms with E-state index in [-0.39, 0.29) is 17.9 Å². The average Bonchev–Trinajstić information content (AvgIpc) is 3.10. The van der Waals surface area contributed by atoms with Gasteiger partial charge in [0.2, 0.25) is 5.91 Å². The zero-order chi connectivity index (χ0) is 13.2. The number of carbonyl (C=O) groups excluding carboxylic acids is 1. The molecule has 1 heterocycles. The van der Waals surface area contributed by atoms with E-state index in [1.54, 1.807) is 0 Å². The van der Waals surface area contributed by atoms with E-state index in [9.17, 15) is 4.79 Å². The highest BCUT2D eigenvalue weighted by molar-refractivity contribution is 6.30. The van der Waals surface area contributed by atoms with Crippen molar-refractivity contribution in [3.63, 3.8) is 0 Å². The zero-order valence-electron chi connectivity index (χ0n) is 10.7. The Hall–Kier alpha value is -1.10. The Morgan fingerprint density at radius 2 is 2.26 bits per heavy atom. The Morgan fingerprint density at radius 1 is 1.42 bits per heavy atom. The Balaban J connectivity index is 1.67. The average molecular weight is 280 g/mol. The molecule has 5 heteroatoms. The first-order valence-electron chi connectivity index (χ1n) is 6.75. The van der Waals surface area contributed by atoms with Crippen molar-refractivity contribution < 1.29 is 4.79 Å². The maximum atomic E-state index is 12.2. The quantitative estimate of drug-likeness (QED) is 0.785. The molecular weight excluding hydrogens is 262 g/mol. The molecule has 0 aromatic heterocycles. The fourth-order valence-electron chi connectivity index (χ4n) is 2.46. The van der Waals surface area contributed by atoms with Crippen LogP contribution in [0.4, 0.5) is 0 Å². The maximum absolute atomic E-state index is 12.2. The second kappa shape index (κ2) is 5.49. The van der Waals surface area contributed by atoms with Crippen molar-refractivity contribution >= 4 is 17.5 Å². The van der Waals surface area contributed by atoms with E-state index < -0.39 is 0 Å². The van der Waals surface area contributed by atoms with Crippen LogP contribution in [0.2, 0.25) is 5.02 Å². The molecule has 0 spiro atoms. The zero-order valence-corrected chi connectivity index (χ0v) is 11.4. The Morgan fingerprint density at radius 3 is 3.00 bits per heavy atom. The summed E-state index contributed by atoms with van der Waals surface area (Å²) in [6.07, 6.45) is 2.50. The maximum Gasteiger partial charge on any atom is 0.226 e. The summed E-state index contributed by atoms with van der Waals surface area (Å²) >= 11 is 6.01. The van der Waals surface area contributed by atoms with E-state index in [0.717, 1.165) is 12.1 Å². The summed E-state index contributed by atoms with van der Waals surface area (Å²) in [7, 11) is 0. The van der Waals surface area contributed by atoms with Gasteiger partial charge in [-0.15, -0.1) is 0 Å². The normalized spacial score (nSPS) is 26.4. The Bertz CT molecular complexity index is 476. The summed E-state index contributed by atoms with van der Waals surface area (Å²) in [5.41, 5.74) is 7.28. The molecule has 1 saturated carbocycles. The molecule has 2 atom stereocenters. The molecule has 3 rings (SSSR count). The van der Waals surface area contributed by atoms with Crippen LogP contribution in [0.5, 0.6) is 0 Å². The van der Waals surface area contributed by atoms with Crippen molar-refractivity contribution in [3.05, 3.63) is 34.9 Å². The van der Waals surface area contributed by atoms with E-state index in [4.69, 9.17) is 11.6 Å². The molecule has 2 fully saturated rings. The molecule has 1 amide bonds. The minimum Gasteiger partial charge on any atom is -0.355 e. The van der Waals surface area contributed by atoms with Crippen LogP contribution in [0.25, 0.3) is 0 Å². The van der Waals surface area contributed by atoms with Crippen LogP contribution < -0.4 is 16.2 Å². The number of rotatable bonds is 4. The summed E-state index contributed by atoms with van der Waals surface area (Å²) in [5, 5.41) is 3.75. The van der Waals surface area contributed by atoms with Gasteiger partial charge in [-0.05, 0) is 36.5 Å². The van der Waals surface area contributed by atoms with Gasteiger partial charge in [0.1, 0.15) is 0 Å². The first-order valence-corrected chi connectivity index (χ1v) is 7.13. The van der Waals surface area contributed by atoms with E-state index >= 15 is 0 Å². The van der Waals surface area contributed by atoms with Crippen molar-refractivity contribution in [1.82, 2.24) is 16.2 Å². The van der Waals surface area contributed by atoms with E-state index in [1.165, 1.54) is 12.8 Å². The molecule has 0 bridgehead atoms. The van der Waals surface area contributed by atoms with Gasteiger partial charge in [-0.3, -0.25) is 10.2 Å². The van der Waals surface area contributed by atoms with Gasteiger partial charge in [-0.1, -0.05) is 23.7 Å². The summed E-state index contributed by atoms with van der Waals surface area (Å²) < 4.78 is 0. The van der Waals surface area contributed by atoms with Crippen molar-refractivity contribution in [2.45, 2.75) is 18.9 Å². The van der Waals surface area contributed by atoms with Crippen LogP contribution in [0.1, 0.15) is 24.4 Å². The van der Waals surface area contributed by atoms with Crippen LogP contribution in [0.15, 0.2) is 24.3 Å². The van der Waals surface area contributed by atoms with Gasteiger partial charge < -0.3 is 5.32 Å². The van der Waals surface area contributed by atoms with Crippen LogP contribution in [-0.4, -0.2) is 19.0 Å². The first kappa shape index (κ1) is 12.9. The van der Waals surface area contributed by atoms with Crippen molar-refractivity contribution in [1.29, 1.82) is 0 Å². The molecule has 1 aliphatic heterocycles. The summed E-state index contributed by atoms with van der Waals surface area (Å²) in [4.78, 5) is 12.2. The molecule has 19 heavy (non-hydrogen) atoms. The lowest BCUT2D eigenvalue weighted by atomic mass is 9.94. The molecule has 1 aromatic carbocycles. The number of hydrogen-bond donors (Lipinski definition) is 3. The number of benzene rings is 1. The van der Waals surface area contributed by atoms with E-state index in [0.29, 0.717) is 17.5 Å². The van der Waals surface area contributed by atoms with Gasteiger partial charge in [-0.25, -0.2) is 5.43 Å². The minimum absolute atomic E-state index is 0.0158. The molecule has 102 valence electrons. The number of nitrogens with one attached hydrogen (secondary N) is 3. The molecule has 0 radical (unpaired) electrons. The second-order valence-electron chi connectivity index (χ2n) is 5.35. The fraction of sp³-hybridized carbons (Fsp3) is 0.500. The lowest BCUT2D eigenvalue weighted by molar-refractivity contribution is -0.125. The number of carbonyl (C=O) groups is 1. The SMILES string of the molecule is O=C(NCC1CC1)C1CNNC1c1cccc(Cl)c1. The van der Waals surface area contributed by atoms with Crippen LogP contribution in [-0.2, 0) is 4.79 Å². The predicted molar refractivity (Wildman–Crippen MR) is 74.6 cm³/mol. The first-order chi connectivity index (χ1) is 9.24. The van der Waals surface area contributed by atoms with Crippen LogP contribution >= 0.6 is 11.6 Å². The van der Waals surface area contributed by atoms with Gasteiger partial charge in [0.15, 0.2) is 0 Å². The predicted octanol–water partition coefficient (Wildman–Crippen LogP) is 1.63. The molecular formula is C14H18ClN3O. The Labute approximate surface area is 117 Å². The van der Waals surface area contributed by atoms with Gasteiger partial charge in [0.25, 0.3) is 0 Å². The van der Waals surface area contributed by atoms with Gasteiger partial charge in [0.05, 0.1) is 12.0 Å². The second-order valence-corrected chi connectivity index (χ2v) is 5.79. The molecule has 2 unspecified atom stereocenters. The van der Waals surface area contributed by atoms with E-state index in [2.05, 4.69) is 16.2 Å². The highest BCUT2D eigenvalue weighted by Crippen LogP contribution is 2.29. The molecule has 2 aliphatic rings. The third kappa shape index (κ3) is 3.08. The topological polar surface area (TPSA) is 53.2 Å². The Kier molecular flexibility index (Phi) is 3.73. The highest BCUT2D eigenvalue weighted by Gasteiger charge is 2.34. The van der Waals surface area contributed by atoms with Crippen LogP contribution in [0, 0.1) is 11.8 Å². The van der Waals surface area contributed by atoms with Crippen molar-refractivity contribution in [3.8, 4) is 0 Å². The third-order valence-electron chi connectivity index (χ3n) is 3.79. The summed E-state index contributed by atoms with van der Waals surface area (Å²) in [6, 6.07) is 7.65. The molecule has 1 aromatic rings. The fourth-order valence-corrected chi connectivity index (χ4v) is 2.65. The smallest absolute Gasteiger partial charge is 0.226 e. The summed E-state index contributed by atoms with van der Waals surface area (Å²) in [5.74, 6) is 0.738. The van der Waals surface area contributed by atoms with Gasteiger partial charge in [0, 0.05) is 18.1 Å². The van der Waals surface area contributed by atoms with Crippen LogP contribution in [0.3, 0.4) is 0 Å². The number of amides is 1. The minimum atomic E-state index is -0.0859. The molecule has 3 N–H and O–H groups in total.